The number of rotatable bonds is 3. The first kappa shape index (κ1) is 13.4. The number of carbonyl (C=O) groups is 1. The average molecular weight is 379 g/mol. The van der Waals surface area contributed by atoms with E-state index in [1.807, 2.05) is 18.2 Å². The van der Waals surface area contributed by atoms with E-state index < -0.39 is 0 Å². The van der Waals surface area contributed by atoms with Gasteiger partial charge in [-0.2, -0.15) is 0 Å². The Labute approximate surface area is 131 Å². The number of hydrogen-bond donors (Lipinski definition) is 1. The van der Waals surface area contributed by atoms with E-state index in [2.05, 4.69) is 52.2 Å². The Hall–Kier alpha value is -1.56. The van der Waals surface area contributed by atoms with Gasteiger partial charge in [0.2, 0.25) is 5.91 Å². The number of anilines is 1. The highest BCUT2D eigenvalue weighted by Crippen LogP contribution is 2.27. The lowest BCUT2D eigenvalue weighted by molar-refractivity contribution is -0.116. The molecule has 4 heteroatoms. The number of aryl methyl sites for hydroxylation is 1. The van der Waals surface area contributed by atoms with Crippen molar-refractivity contribution in [2.75, 3.05) is 5.32 Å². The van der Waals surface area contributed by atoms with Crippen LogP contribution in [0.3, 0.4) is 0 Å². The van der Waals surface area contributed by atoms with Gasteiger partial charge in [-0.3, -0.25) is 4.79 Å². The summed E-state index contributed by atoms with van der Waals surface area (Å²) in [5.41, 5.74) is 3.20. The Bertz CT molecular complexity index is 637. The summed E-state index contributed by atoms with van der Waals surface area (Å²) in [6.07, 6.45) is 1.33. The van der Waals surface area contributed by atoms with Crippen LogP contribution in [0, 0.1) is 3.57 Å². The van der Waals surface area contributed by atoms with Crippen LogP contribution in [0.25, 0.3) is 0 Å². The molecule has 3 rings (SSSR count). The van der Waals surface area contributed by atoms with Gasteiger partial charge in [-0.1, -0.05) is 12.1 Å². The van der Waals surface area contributed by atoms with Crippen molar-refractivity contribution in [3.8, 4) is 5.75 Å². The maximum atomic E-state index is 11.3. The molecule has 0 fully saturated rings. The van der Waals surface area contributed by atoms with E-state index in [1.54, 1.807) is 0 Å². The van der Waals surface area contributed by atoms with E-state index in [0.717, 1.165) is 29.0 Å². The van der Waals surface area contributed by atoms with Gasteiger partial charge in [0.05, 0.1) is 0 Å². The van der Waals surface area contributed by atoms with Gasteiger partial charge in [0.1, 0.15) is 12.4 Å². The molecule has 20 heavy (non-hydrogen) atoms. The van der Waals surface area contributed by atoms with E-state index in [0.29, 0.717) is 13.0 Å². The zero-order valence-corrected chi connectivity index (χ0v) is 13.0. The van der Waals surface area contributed by atoms with Crippen LogP contribution >= 0.6 is 22.6 Å². The topological polar surface area (TPSA) is 38.3 Å². The van der Waals surface area contributed by atoms with Gasteiger partial charge in [-0.15, -0.1) is 0 Å². The molecular weight excluding hydrogens is 365 g/mol. The standard InChI is InChI=1S/C16H14INO2/c17-13-4-1-11(2-5-13)10-20-14-6-7-15-12(9-14)3-8-16(19)18-15/h1-2,4-7,9H,3,8,10H2,(H,18,19). The van der Waals surface area contributed by atoms with Gasteiger partial charge >= 0.3 is 0 Å². The molecule has 0 bridgehead atoms. The van der Waals surface area contributed by atoms with E-state index in [1.165, 1.54) is 3.57 Å². The summed E-state index contributed by atoms with van der Waals surface area (Å²) in [6, 6.07) is 14.1. The summed E-state index contributed by atoms with van der Waals surface area (Å²) >= 11 is 2.29. The molecule has 1 heterocycles. The molecular formula is C16H14INO2. The first-order valence-electron chi connectivity index (χ1n) is 6.51. The molecule has 0 atom stereocenters. The van der Waals surface area contributed by atoms with Crippen LogP contribution < -0.4 is 10.1 Å². The number of hydrogen-bond acceptors (Lipinski definition) is 2. The lowest BCUT2D eigenvalue weighted by Gasteiger charge is -2.17. The quantitative estimate of drug-likeness (QED) is 0.825. The van der Waals surface area contributed by atoms with Crippen molar-refractivity contribution in [3.05, 3.63) is 57.2 Å². The number of carbonyl (C=O) groups excluding carboxylic acids is 1. The van der Waals surface area contributed by atoms with Crippen LogP contribution in [0.1, 0.15) is 17.5 Å². The van der Waals surface area contributed by atoms with Gasteiger partial charge < -0.3 is 10.1 Å². The van der Waals surface area contributed by atoms with Crippen LogP contribution in [-0.2, 0) is 17.8 Å². The van der Waals surface area contributed by atoms with E-state index >= 15 is 0 Å². The normalized spacial score (nSPS) is 13.6. The van der Waals surface area contributed by atoms with Crippen molar-refractivity contribution >= 4 is 34.2 Å². The molecule has 0 saturated heterocycles. The minimum atomic E-state index is 0.0880. The lowest BCUT2D eigenvalue weighted by atomic mass is 10.0. The zero-order chi connectivity index (χ0) is 13.9. The van der Waals surface area contributed by atoms with Gasteiger partial charge in [0, 0.05) is 15.7 Å². The predicted molar refractivity (Wildman–Crippen MR) is 86.9 cm³/mol. The summed E-state index contributed by atoms with van der Waals surface area (Å²) in [6.45, 7) is 0.558. The fourth-order valence-corrected chi connectivity index (χ4v) is 2.56. The lowest BCUT2D eigenvalue weighted by Crippen LogP contribution is -2.18. The summed E-state index contributed by atoms with van der Waals surface area (Å²) in [7, 11) is 0. The Morgan fingerprint density at radius 2 is 1.90 bits per heavy atom. The minimum absolute atomic E-state index is 0.0880. The van der Waals surface area contributed by atoms with Crippen LogP contribution in [0.4, 0.5) is 5.69 Å². The fourth-order valence-electron chi connectivity index (χ4n) is 2.20. The van der Waals surface area contributed by atoms with Crippen molar-refractivity contribution in [1.82, 2.24) is 0 Å². The second-order valence-electron chi connectivity index (χ2n) is 4.78. The molecule has 0 unspecified atom stereocenters. The number of amides is 1. The number of benzene rings is 2. The van der Waals surface area contributed by atoms with E-state index in [9.17, 15) is 4.79 Å². The Morgan fingerprint density at radius 1 is 1.10 bits per heavy atom. The van der Waals surface area contributed by atoms with Crippen molar-refractivity contribution < 1.29 is 9.53 Å². The third-order valence-electron chi connectivity index (χ3n) is 3.29. The molecule has 0 radical (unpaired) electrons. The Kier molecular flexibility index (Phi) is 3.91. The van der Waals surface area contributed by atoms with Crippen LogP contribution in [0.5, 0.6) is 5.75 Å². The smallest absolute Gasteiger partial charge is 0.224 e. The highest BCUT2D eigenvalue weighted by molar-refractivity contribution is 14.1. The molecule has 0 spiro atoms. The van der Waals surface area contributed by atoms with Crippen LogP contribution in [0.15, 0.2) is 42.5 Å². The predicted octanol–water partition coefficient (Wildman–Crippen LogP) is 3.75. The van der Waals surface area contributed by atoms with E-state index in [-0.39, 0.29) is 5.91 Å². The fraction of sp³-hybridized carbons (Fsp3) is 0.188. The Morgan fingerprint density at radius 3 is 2.70 bits per heavy atom. The first-order valence-corrected chi connectivity index (χ1v) is 7.58. The zero-order valence-electron chi connectivity index (χ0n) is 10.9. The molecule has 1 N–H and O–H groups in total. The summed E-state index contributed by atoms with van der Waals surface area (Å²) in [4.78, 5) is 11.3. The molecule has 2 aromatic carbocycles. The second kappa shape index (κ2) is 5.83. The molecule has 0 aromatic heterocycles. The third-order valence-corrected chi connectivity index (χ3v) is 4.01. The average Bonchev–Trinajstić information content (AvgIpc) is 2.46. The number of fused-ring (bicyclic) bond motifs is 1. The number of halogens is 1. The van der Waals surface area contributed by atoms with E-state index in [4.69, 9.17) is 4.74 Å². The first-order chi connectivity index (χ1) is 9.70. The largest absolute Gasteiger partial charge is 0.489 e. The van der Waals surface area contributed by atoms with Gasteiger partial charge in [0.25, 0.3) is 0 Å². The number of nitrogens with one attached hydrogen (secondary N) is 1. The molecule has 1 aliphatic heterocycles. The van der Waals surface area contributed by atoms with Gasteiger partial charge in [0.15, 0.2) is 0 Å². The molecule has 102 valence electrons. The SMILES string of the molecule is O=C1CCc2cc(OCc3ccc(I)cc3)ccc2N1. The molecule has 0 saturated carbocycles. The van der Waals surface area contributed by atoms with Crippen molar-refractivity contribution in [1.29, 1.82) is 0 Å². The monoisotopic (exact) mass is 379 g/mol. The maximum Gasteiger partial charge on any atom is 0.224 e. The molecule has 1 amide bonds. The second-order valence-corrected chi connectivity index (χ2v) is 6.03. The Balaban J connectivity index is 1.69. The number of ether oxygens (including phenoxy) is 1. The van der Waals surface area contributed by atoms with Gasteiger partial charge in [-0.25, -0.2) is 0 Å². The van der Waals surface area contributed by atoms with Crippen LogP contribution in [-0.4, -0.2) is 5.91 Å². The molecule has 2 aromatic rings. The highest BCUT2D eigenvalue weighted by Gasteiger charge is 2.14. The van der Waals surface area contributed by atoms with Crippen molar-refractivity contribution in [3.63, 3.8) is 0 Å². The van der Waals surface area contributed by atoms with Crippen molar-refractivity contribution in [2.45, 2.75) is 19.4 Å². The summed E-state index contributed by atoms with van der Waals surface area (Å²) in [5, 5.41) is 2.87. The van der Waals surface area contributed by atoms with Crippen LogP contribution in [0.2, 0.25) is 0 Å². The summed E-state index contributed by atoms with van der Waals surface area (Å²) < 4.78 is 7.03. The third kappa shape index (κ3) is 3.12. The van der Waals surface area contributed by atoms with Gasteiger partial charge in [-0.05, 0) is 70.5 Å². The maximum absolute atomic E-state index is 11.3. The molecule has 1 aliphatic rings. The molecule has 3 nitrogen and oxygen atoms in total. The minimum Gasteiger partial charge on any atom is -0.489 e. The highest BCUT2D eigenvalue weighted by atomic mass is 127. The summed E-state index contributed by atoms with van der Waals surface area (Å²) in [5.74, 6) is 0.934. The molecule has 0 aliphatic carbocycles. The van der Waals surface area contributed by atoms with Crippen molar-refractivity contribution in [2.24, 2.45) is 0 Å².